The molecule has 33 heavy (non-hydrogen) atoms. The highest BCUT2D eigenvalue weighted by Crippen LogP contribution is 2.42. The average molecular weight is 448 g/mol. The van der Waals surface area contributed by atoms with Crippen LogP contribution in [0, 0.1) is 0 Å². The van der Waals surface area contributed by atoms with Gasteiger partial charge in [-0.15, -0.1) is 0 Å². The van der Waals surface area contributed by atoms with Gasteiger partial charge in [0.15, 0.2) is 0 Å². The van der Waals surface area contributed by atoms with Crippen molar-refractivity contribution in [3.63, 3.8) is 0 Å². The lowest BCUT2D eigenvalue weighted by Gasteiger charge is -2.29. The molecule has 0 atom stereocenters. The van der Waals surface area contributed by atoms with E-state index < -0.39 is 0 Å². The van der Waals surface area contributed by atoms with Gasteiger partial charge < -0.3 is 20.9 Å². The monoisotopic (exact) mass is 447 g/mol. The number of urea groups is 1. The summed E-state index contributed by atoms with van der Waals surface area (Å²) >= 11 is 0. The number of nitrogens with zero attached hydrogens (tertiary/aromatic N) is 5. The lowest BCUT2D eigenvalue weighted by atomic mass is 10.0. The number of hydrogen-bond acceptors (Lipinski definition) is 7. The lowest BCUT2D eigenvalue weighted by Crippen LogP contribution is -2.30. The van der Waals surface area contributed by atoms with Gasteiger partial charge in [-0.1, -0.05) is 12.1 Å². The van der Waals surface area contributed by atoms with Crippen LogP contribution in [0.25, 0.3) is 11.3 Å². The van der Waals surface area contributed by atoms with Crippen LogP contribution in [0.1, 0.15) is 28.9 Å². The van der Waals surface area contributed by atoms with E-state index in [4.69, 9.17) is 0 Å². The second-order valence-electron chi connectivity index (χ2n) is 8.23. The molecule has 1 aliphatic heterocycles. The lowest BCUT2D eigenvalue weighted by molar-refractivity contribution is 0.0963. The van der Waals surface area contributed by atoms with E-state index in [0.29, 0.717) is 23.6 Å². The Kier molecular flexibility index (Phi) is 5.08. The van der Waals surface area contributed by atoms with E-state index in [9.17, 15) is 9.59 Å². The number of carbonyl (C=O) groups excluding carboxylic acids is 2. The summed E-state index contributed by atoms with van der Waals surface area (Å²) in [5.41, 5.74) is 5.35. The molecule has 2 aromatic heterocycles. The molecule has 11 nitrogen and oxygen atoms in total. The summed E-state index contributed by atoms with van der Waals surface area (Å²) in [6.07, 6.45) is 3.43. The van der Waals surface area contributed by atoms with Crippen molar-refractivity contribution in [1.82, 2.24) is 30.6 Å². The first kappa shape index (κ1) is 20.7. The van der Waals surface area contributed by atoms with Gasteiger partial charge in [0.05, 0.1) is 29.2 Å². The summed E-state index contributed by atoms with van der Waals surface area (Å²) in [5.74, 6) is 0.0611. The van der Waals surface area contributed by atoms with E-state index in [1.807, 2.05) is 25.2 Å². The number of aromatic nitrogens is 4. The number of nitrogens with one attached hydrogen (secondary N) is 4. The fourth-order valence-electron chi connectivity index (χ4n) is 3.97. The van der Waals surface area contributed by atoms with E-state index in [2.05, 4.69) is 41.3 Å². The number of anilines is 4. The number of hydrogen-bond donors (Lipinski definition) is 4. The van der Waals surface area contributed by atoms with Crippen molar-refractivity contribution in [1.29, 1.82) is 0 Å². The molecule has 1 aliphatic carbocycles. The van der Waals surface area contributed by atoms with Crippen LogP contribution in [-0.4, -0.2) is 52.1 Å². The van der Waals surface area contributed by atoms with Gasteiger partial charge in [-0.25, -0.2) is 9.78 Å². The fourth-order valence-corrected chi connectivity index (χ4v) is 3.97. The van der Waals surface area contributed by atoms with Gasteiger partial charge in [-0.3, -0.25) is 10.1 Å². The summed E-state index contributed by atoms with van der Waals surface area (Å²) in [4.78, 5) is 32.6. The molecule has 3 heterocycles. The fraction of sp³-hybridized carbons (Fsp3) is 0.318. The standard InChI is InChI=1S/C22H25N9O2/c1-23-21(32)14-10-24-18(27-22(33)25-12-7-8-12)9-16(14)26-15-6-4-5-13-19-17(28-31(3)29-19)11-30(2)20(13)15/h4-6,9-10,12H,7-8,11H2,1-3H3,(H,23,32)(H3,24,25,26,27,33). The molecular formula is C22H25N9O2. The molecule has 1 fully saturated rings. The minimum atomic E-state index is -0.310. The Bertz CT molecular complexity index is 1250. The zero-order chi connectivity index (χ0) is 23.1. The molecule has 0 saturated heterocycles. The molecule has 1 aromatic carbocycles. The van der Waals surface area contributed by atoms with Crippen LogP contribution in [0.2, 0.25) is 0 Å². The van der Waals surface area contributed by atoms with Crippen molar-refractivity contribution in [3.8, 4) is 11.3 Å². The third-order valence-corrected chi connectivity index (χ3v) is 5.64. The van der Waals surface area contributed by atoms with E-state index >= 15 is 0 Å². The predicted molar refractivity (Wildman–Crippen MR) is 125 cm³/mol. The smallest absolute Gasteiger partial charge is 0.320 e. The van der Waals surface area contributed by atoms with Gasteiger partial charge >= 0.3 is 6.03 Å². The molecule has 0 bridgehead atoms. The highest BCUT2D eigenvalue weighted by molar-refractivity contribution is 6.02. The number of benzene rings is 1. The van der Waals surface area contributed by atoms with Crippen LogP contribution in [0.3, 0.4) is 0 Å². The molecule has 3 amide bonds. The maximum absolute atomic E-state index is 12.5. The Balaban J connectivity index is 1.51. The van der Waals surface area contributed by atoms with Crippen molar-refractivity contribution in [2.45, 2.75) is 25.4 Å². The van der Waals surface area contributed by atoms with Crippen LogP contribution < -0.4 is 26.2 Å². The van der Waals surface area contributed by atoms with Gasteiger partial charge in [0.1, 0.15) is 17.2 Å². The Labute approximate surface area is 190 Å². The number of fused-ring (bicyclic) bond motifs is 3. The quantitative estimate of drug-likeness (QED) is 0.472. The number of amides is 3. The summed E-state index contributed by atoms with van der Waals surface area (Å²) in [6, 6.07) is 7.46. The van der Waals surface area contributed by atoms with E-state index in [1.54, 1.807) is 25.0 Å². The van der Waals surface area contributed by atoms with E-state index in [1.165, 1.54) is 6.20 Å². The zero-order valence-electron chi connectivity index (χ0n) is 18.6. The van der Waals surface area contributed by atoms with Crippen LogP contribution in [0.4, 0.5) is 27.7 Å². The third kappa shape index (κ3) is 4.04. The van der Waals surface area contributed by atoms with Crippen molar-refractivity contribution in [2.75, 3.05) is 29.6 Å². The summed E-state index contributed by atoms with van der Waals surface area (Å²) < 4.78 is 0. The number of rotatable bonds is 5. The highest BCUT2D eigenvalue weighted by Gasteiger charge is 2.27. The van der Waals surface area contributed by atoms with Crippen molar-refractivity contribution < 1.29 is 9.59 Å². The molecule has 0 unspecified atom stereocenters. The first-order valence-corrected chi connectivity index (χ1v) is 10.7. The minimum absolute atomic E-state index is 0.227. The number of carbonyl (C=O) groups is 2. The molecule has 11 heteroatoms. The Morgan fingerprint density at radius 2 is 1.94 bits per heavy atom. The van der Waals surface area contributed by atoms with Crippen LogP contribution >= 0.6 is 0 Å². The molecule has 0 radical (unpaired) electrons. The first-order valence-electron chi connectivity index (χ1n) is 10.7. The first-order chi connectivity index (χ1) is 15.9. The Hall–Kier alpha value is -4.15. The minimum Gasteiger partial charge on any atom is -0.366 e. The molecule has 2 aliphatic rings. The zero-order valence-corrected chi connectivity index (χ0v) is 18.6. The summed E-state index contributed by atoms with van der Waals surface area (Å²) in [6.45, 7) is 0.613. The normalized spacial score (nSPS) is 14.2. The number of aryl methyl sites for hydroxylation is 1. The maximum Gasteiger partial charge on any atom is 0.320 e. The van der Waals surface area contributed by atoms with Crippen molar-refractivity contribution in [3.05, 3.63) is 41.7 Å². The molecule has 1 saturated carbocycles. The molecule has 3 aromatic rings. The van der Waals surface area contributed by atoms with Gasteiger partial charge in [-0.2, -0.15) is 15.0 Å². The van der Waals surface area contributed by atoms with Crippen molar-refractivity contribution >= 4 is 34.8 Å². The summed E-state index contributed by atoms with van der Waals surface area (Å²) in [7, 11) is 5.36. The average Bonchev–Trinajstić information content (AvgIpc) is 3.51. The van der Waals surface area contributed by atoms with E-state index in [-0.39, 0.29) is 18.0 Å². The SMILES string of the molecule is CNC(=O)c1cnc(NC(=O)NC2CC2)cc1Nc1cccc2c1N(C)Cc1nn(C)nc1-2. The predicted octanol–water partition coefficient (Wildman–Crippen LogP) is 2.21. The van der Waals surface area contributed by atoms with Gasteiger partial charge in [0, 0.05) is 45.0 Å². The Morgan fingerprint density at radius 1 is 1.12 bits per heavy atom. The van der Waals surface area contributed by atoms with E-state index in [0.717, 1.165) is 41.2 Å². The molecule has 170 valence electrons. The molecule has 0 spiro atoms. The molecule has 5 rings (SSSR count). The second-order valence-corrected chi connectivity index (χ2v) is 8.23. The largest absolute Gasteiger partial charge is 0.366 e. The second kappa shape index (κ2) is 8.08. The van der Waals surface area contributed by atoms with Crippen LogP contribution in [0.5, 0.6) is 0 Å². The molecular weight excluding hydrogens is 422 g/mol. The van der Waals surface area contributed by atoms with Crippen LogP contribution in [-0.2, 0) is 13.6 Å². The number of para-hydroxylation sites is 1. The third-order valence-electron chi connectivity index (χ3n) is 5.64. The topological polar surface area (TPSA) is 129 Å². The van der Waals surface area contributed by atoms with Gasteiger partial charge in [0.25, 0.3) is 5.91 Å². The highest BCUT2D eigenvalue weighted by atomic mass is 16.2. The summed E-state index contributed by atoms with van der Waals surface area (Å²) in [5, 5.41) is 20.6. The maximum atomic E-state index is 12.5. The Morgan fingerprint density at radius 3 is 2.70 bits per heavy atom. The van der Waals surface area contributed by atoms with Crippen molar-refractivity contribution in [2.24, 2.45) is 7.05 Å². The van der Waals surface area contributed by atoms with Gasteiger partial charge in [0.2, 0.25) is 0 Å². The van der Waals surface area contributed by atoms with Gasteiger partial charge in [-0.05, 0) is 18.9 Å². The molecule has 4 N–H and O–H groups in total. The van der Waals surface area contributed by atoms with Crippen LogP contribution in [0.15, 0.2) is 30.5 Å². The number of pyridine rings is 1.